The van der Waals surface area contributed by atoms with E-state index in [1.165, 1.54) is 11.3 Å². The number of rotatable bonds is 6. The van der Waals surface area contributed by atoms with Crippen molar-refractivity contribution in [1.82, 2.24) is 10.0 Å². The largest absolute Gasteiger partial charge is 0.312 e. The van der Waals surface area contributed by atoms with E-state index in [1.807, 2.05) is 13.0 Å². The average molecular weight is 260 g/mol. The third-order valence-electron chi connectivity index (χ3n) is 2.35. The monoisotopic (exact) mass is 260 g/mol. The summed E-state index contributed by atoms with van der Waals surface area (Å²) in [4.78, 5) is 1.05. The van der Waals surface area contributed by atoms with Crippen molar-refractivity contribution < 1.29 is 8.42 Å². The van der Waals surface area contributed by atoms with E-state index in [4.69, 9.17) is 0 Å². The molecule has 0 amide bonds. The van der Waals surface area contributed by atoms with E-state index < -0.39 is 10.0 Å². The van der Waals surface area contributed by atoms with E-state index in [9.17, 15) is 8.42 Å². The Hall–Kier alpha value is -0.430. The van der Waals surface area contributed by atoms with Crippen molar-refractivity contribution in [3.8, 4) is 0 Å². The fraction of sp³-hybridized carbons (Fsp3) is 0.600. The molecule has 0 saturated heterocycles. The average Bonchev–Trinajstić information content (AvgIpc) is 2.89. The molecule has 0 aromatic carbocycles. The van der Waals surface area contributed by atoms with Gasteiger partial charge in [0.05, 0.1) is 0 Å². The van der Waals surface area contributed by atoms with E-state index in [0.717, 1.165) is 30.8 Å². The first kappa shape index (κ1) is 12.0. The predicted octanol–water partition coefficient (Wildman–Crippen LogP) is 1.30. The highest BCUT2D eigenvalue weighted by atomic mass is 32.2. The first-order chi connectivity index (χ1) is 7.62. The van der Waals surface area contributed by atoms with Crippen molar-refractivity contribution in [2.24, 2.45) is 0 Å². The number of thiophene rings is 1. The Morgan fingerprint density at radius 2 is 2.19 bits per heavy atom. The molecule has 1 saturated carbocycles. The Morgan fingerprint density at radius 1 is 1.44 bits per heavy atom. The molecular weight excluding hydrogens is 244 g/mol. The summed E-state index contributed by atoms with van der Waals surface area (Å²) in [5, 5.41) is 3.18. The molecule has 4 nitrogen and oxygen atoms in total. The molecule has 0 unspecified atom stereocenters. The first-order valence-corrected chi connectivity index (χ1v) is 7.73. The zero-order chi connectivity index (χ0) is 11.6. The number of hydrogen-bond acceptors (Lipinski definition) is 4. The van der Waals surface area contributed by atoms with Crippen LogP contribution in [0.3, 0.4) is 0 Å². The van der Waals surface area contributed by atoms with Crippen LogP contribution in [0.15, 0.2) is 16.3 Å². The number of sulfonamides is 1. The van der Waals surface area contributed by atoms with Gasteiger partial charge in [-0.2, -0.15) is 0 Å². The molecule has 6 heteroatoms. The summed E-state index contributed by atoms with van der Waals surface area (Å²) in [7, 11) is -3.26. The van der Waals surface area contributed by atoms with Gasteiger partial charge in [-0.25, -0.2) is 13.1 Å². The molecule has 90 valence electrons. The van der Waals surface area contributed by atoms with Crippen molar-refractivity contribution in [2.75, 3.05) is 6.54 Å². The van der Waals surface area contributed by atoms with Crippen LogP contribution < -0.4 is 10.0 Å². The highest BCUT2D eigenvalue weighted by Crippen LogP contribution is 2.26. The lowest BCUT2D eigenvalue weighted by Gasteiger charge is -2.01. The molecule has 0 spiro atoms. The second-order valence-electron chi connectivity index (χ2n) is 3.90. The van der Waals surface area contributed by atoms with Gasteiger partial charge in [-0.15, -0.1) is 11.3 Å². The zero-order valence-electron chi connectivity index (χ0n) is 9.19. The summed E-state index contributed by atoms with van der Waals surface area (Å²) < 4.78 is 26.8. The highest BCUT2D eigenvalue weighted by molar-refractivity contribution is 7.91. The minimum atomic E-state index is -3.26. The maximum Gasteiger partial charge on any atom is 0.250 e. The summed E-state index contributed by atoms with van der Waals surface area (Å²) in [6.07, 6.45) is 1.93. The van der Waals surface area contributed by atoms with Gasteiger partial charge in [0.2, 0.25) is 10.0 Å². The fourth-order valence-corrected chi connectivity index (χ4v) is 3.97. The van der Waals surface area contributed by atoms with Crippen molar-refractivity contribution in [3.63, 3.8) is 0 Å². The molecule has 0 aliphatic heterocycles. The van der Waals surface area contributed by atoms with Crippen LogP contribution in [0.1, 0.15) is 24.6 Å². The molecule has 2 N–H and O–H groups in total. The standard InChI is InChI=1S/C10H16N2O2S2/c1-2-11-7-9-5-6-10(15-9)16(13,14)12-8-3-4-8/h5-6,8,11-12H,2-4,7H2,1H3. The van der Waals surface area contributed by atoms with Gasteiger partial charge in [0.15, 0.2) is 0 Å². The van der Waals surface area contributed by atoms with Gasteiger partial charge in [-0.05, 0) is 31.5 Å². The Kier molecular flexibility index (Phi) is 3.63. The Bertz CT molecular complexity index is 449. The van der Waals surface area contributed by atoms with Crippen LogP contribution in [0.4, 0.5) is 0 Å². The van der Waals surface area contributed by atoms with Crippen molar-refractivity contribution in [2.45, 2.75) is 36.6 Å². The van der Waals surface area contributed by atoms with E-state index in [2.05, 4.69) is 10.0 Å². The van der Waals surface area contributed by atoms with Gasteiger partial charge in [0.1, 0.15) is 4.21 Å². The van der Waals surface area contributed by atoms with Gasteiger partial charge in [0.25, 0.3) is 0 Å². The molecule has 2 rings (SSSR count). The number of nitrogens with one attached hydrogen (secondary N) is 2. The predicted molar refractivity (Wildman–Crippen MR) is 65.0 cm³/mol. The van der Waals surface area contributed by atoms with E-state index in [1.54, 1.807) is 6.07 Å². The topological polar surface area (TPSA) is 58.2 Å². The second kappa shape index (κ2) is 4.83. The Morgan fingerprint density at radius 3 is 2.81 bits per heavy atom. The van der Waals surface area contributed by atoms with Crippen LogP contribution in [0.5, 0.6) is 0 Å². The number of hydrogen-bond donors (Lipinski definition) is 2. The zero-order valence-corrected chi connectivity index (χ0v) is 10.8. The summed E-state index contributed by atoms with van der Waals surface area (Å²) >= 11 is 1.34. The van der Waals surface area contributed by atoms with E-state index in [0.29, 0.717) is 4.21 Å². The molecule has 1 fully saturated rings. The molecule has 16 heavy (non-hydrogen) atoms. The van der Waals surface area contributed by atoms with E-state index >= 15 is 0 Å². The summed E-state index contributed by atoms with van der Waals surface area (Å²) in [5.74, 6) is 0. The maximum absolute atomic E-state index is 11.8. The summed E-state index contributed by atoms with van der Waals surface area (Å²) in [6.45, 7) is 3.65. The Balaban J connectivity index is 2.04. The van der Waals surface area contributed by atoms with Crippen molar-refractivity contribution in [3.05, 3.63) is 17.0 Å². The summed E-state index contributed by atoms with van der Waals surface area (Å²) in [5.41, 5.74) is 0. The lowest BCUT2D eigenvalue weighted by Crippen LogP contribution is -2.24. The van der Waals surface area contributed by atoms with Crippen LogP contribution in [0.2, 0.25) is 0 Å². The quantitative estimate of drug-likeness (QED) is 0.810. The van der Waals surface area contributed by atoms with Crippen molar-refractivity contribution >= 4 is 21.4 Å². The van der Waals surface area contributed by atoms with Crippen LogP contribution >= 0.6 is 11.3 Å². The van der Waals surface area contributed by atoms with Crippen LogP contribution in [-0.4, -0.2) is 21.0 Å². The third kappa shape index (κ3) is 3.04. The SMILES string of the molecule is CCNCc1ccc(S(=O)(=O)NC2CC2)s1. The molecule has 1 aromatic heterocycles. The van der Waals surface area contributed by atoms with Crippen LogP contribution in [0.25, 0.3) is 0 Å². The maximum atomic E-state index is 11.8. The highest BCUT2D eigenvalue weighted by Gasteiger charge is 2.28. The van der Waals surface area contributed by atoms with Crippen LogP contribution in [-0.2, 0) is 16.6 Å². The smallest absolute Gasteiger partial charge is 0.250 e. The van der Waals surface area contributed by atoms with Crippen LogP contribution in [0, 0.1) is 0 Å². The molecule has 0 bridgehead atoms. The molecule has 0 radical (unpaired) electrons. The van der Waals surface area contributed by atoms with Gasteiger partial charge in [0, 0.05) is 17.5 Å². The third-order valence-corrected chi connectivity index (χ3v) is 5.45. The van der Waals surface area contributed by atoms with Gasteiger partial charge in [-0.3, -0.25) is 0 Å². The molecular formula is C10H16N2O2S2. The van der Waals surface area contributed by atoms with Gasteiger partial charge < -0.3 is 5.32 Å². The fourth-order valence-electron chi connectivity index (χ4n) is 1.32. The Labute approximate surface area is 100 Å². The second-order valence-corrected chi connectivity index (χ2v) is 7.01. The van der Waals surface area contributed by atoms with Crippen molar-refractivity contribution in [1.29, 1.82) is 0 Å². The van der Waals surface area contributed by atoms with E-state index in [-0.39, 0.29) is 6.04 Å². The molecule has 1 aliphatic rings. The molecule has 0 atom stereocenters. The lowest BCUT2D eigenvalue weighted by molar-refractivity contribution is 0.583. The van der Waals surface area contributed by atoms with Gasteiger partial charge in [-0.1, -0.05) is 6.92 Å². The molecule has 1 aliphatic carbocycles. The van der Waals surface area contributed by atoms with Gasteiger partial charge >= 0.3 is 0 Å². The lowest BCUT2D eigenvalue weighted by atomic mass is 10.4. The minimum Gasteiger partial charge on any atom is -0.312 e. The summed E-state index contributed by atoms with van der Waals surface area (Å²) in [6, 6.07) is 3.72. The molecule has 1 heterocycles. The minimum absolute atomic E-state index is 0.171. The normalized spacial score (nSPS) is 16.6. The first-order valence-electron chi connectivity index (χ1n) is 5.43. The molecule has 1 aromatic rings.